The molecule has 0 aromatic rings. The van der Waals surface area contributed by atoms with Gasteiger partial charge in [-0.1, -0.05) is 187 Å². The first kappa shape index (κ1) is 56.9. The third kappa shape index (κ3) is 32.5. The van der Waals surface area contributed by atoms with Crippen LogP contribution in [0.2, 0.25) is 0 Å². The number of aliphatic hydroxyl groups is 3. The lowest BCUT2D eigenvalue weighted by Crippen LogP contribution is -2.60. The maximum Gasteiger partial charge on any atom is 0.397 e. The molecule has 0 aromatic carbocycles. The van der Waals surface area contributed by atoms with Crippen LogP contribution in [0.25, 0.3) is 0 Å². The molecular formula is C47H90O12S. The van der Waals surface area contributed by atoms with Crippen molar-refractivity contribution in [1.29, 1.82) is 0 Å². The van der Waals surface area contributed by atoms with E-state index in [0.717, 1.165) is 57.8 Å². The quantitative estimate of drug-likeness (QED) is 0.0197. The molecule has 1 heterocycles. The van der Waals surface area contributed by atoms with Crippen molar-refractivity contribution in [2.24, 2.45) is 0 Å². The van der Waals surface area contributed by atoms with Crippen LogP contribution in [0, 0.1) is 0 Å². The van der Waals surface area contributed by atoms with Gasteiger partial charge in [0.05, 0.1) is 19.8 Å². The van der Waals surface area contributed by atoms with E-state index < -0.39 is 59.8 Å². The van der Waals surface area contributed by atoms with Crippen LogP contribution in [0.3, 0.4) is 0 Å². The number of carbonyl (C=O) groups is 1. The Hall–Kier alpha value is -1.16. The average Bonchev–Trinajstić information content (AvgIpc) is 3.22. The Bertz CT molecular complexity index is 1110. The van der Waals surface area contributed by atoms with Crippen molar-refractivity contribution in [3.63, 3.8) is 0 Å². The monoisotopic (exact) mass is 879 g/mol. The van der Waals surface area contributed by atoms with Crippen LogP contribution >= 0.6 is 0 Å². The molecule has 13 heteroatoms. The van der Waals surface area contributed by atoms with Crippen LogP contribution < -0.4 is 0 Å². The second kappa shape index (κ2) is 39.4. The first-order valence-electron chi connectivity index (χ1n) is 24.4. The summed E-state index contributed by atoms with van der Waals surface area (Å²) in [5.74, 6) is -0.404. The number of rotatable bonds is 43. The molecule has 0 amide bonds. The summed E-state index contributed by atoms with van der Waals surface area (Å²) in [4.78, 5) is 12.8. The number of hydrogen-bond acceptors (Lipinski definition) is 11. The normalized spacial score (nSPS) is 20.3. The van der Waals surface area contributed by atoms with Crippen molar-refractivity contribution in [2.75, 3.05) is 26.4 Å². The molecule has 0 saturated carbocycles. The van der Waals surface area contributed by atoms with Gasteiger partial charge in [-0.3, -0.25) is 9.35 Å². The first-order valence-corrected chi connectivity index (χ1v) is 25.8. The highest BCUT2D eigenvalue weighted by Crippen LogP contribution is 2.26. The lowest BCUT2D eigenvalue weighted by atomic mass is 9.99. The lowest BCUT2D eigenvalue weighted by molar-refractivity contribution is -0.301. The SMILES string of the molecule is CCCCCC/C=C\CCCCCCCC(=O)OC(COCCCCCCCCCCCCCCCCCCCCCC)COC1OC(CO)C(O)C(OS(=O)(=O)O)C1O. The summed E-state index contributed by atoms with van der Waals surface area (Å²) in [6.07, 6.45) is 33.9. The predicted molar refractivity (Wildman–Crippen MR) is 239 cm³/mol. The number of hydrogen-bond donors (Lipinski definition) is 4. The number of carbonyl (C=O) groups excluding carboxylic acids is 1. The van der Waals surface area contributed by atoms with E-state index >= 15 is 0 Å². The number of allylic oxidation sites excluding steroid dienone is 2. The van der Waals surface area contributed by atoms with E-state index in [-0.39, 0.29) is 19.6 Å². The van der Waals surface area contributed by atoms with Crippen molar-refractivity contribution in [3.8, 4) is 0 Å². The van der Waals surface area contributed by atoms with Crippen molar-refractivity contribution in [2.45, 2.75) is 256 Å². The summed E-state index contributed by atoms with van der Waals surface area (Å²) in [5.41, 5.74) is 0. The zero-order valence-electron chi connectivity index (χ0n) is 38.0. The molecule has 1 fully saturated rings. The summed E-state index contributed by atoms with van der Waals surface area (Å²) in [5, 5.41) is 30.7. The van der Waals surface area contributed by atoms with Gasteiger partial charge in [-0.2, -0.15) is 8.42 Å². The standard InChI is InChI=1S/C47H90O12S/c1-3-5-7-9-11-13-15-17-18-19-20-21-22-23-25-27-29-31-33-35-37-55-39-41(40-56-47-45(51)46(59-60(52,53)54)44(50)42(38-48)58-47)57-43(49)36-34-32-30-28-26-24-16-14-12-10-8-6-4-2/h14,16,41-42,44-48,50-51H,3-13,15,17-40H2,1-2H3,(H,52,53,54)/b16-14-. The van der Waals surface area contributed by atoms with Gasteiger partial charge >= 0.3 is 16.4 Å². The van der Waals surface area contributed by atoms with E-state index in [4.69, 9.17) is 23.5 Å². The summed E-state index contributed by atoms with van der Waals surface area (Å²) < 4.78 is 59.1. The molecule has 356 valence electrons. The second-order valence-corrected chi connectivity index (χ2v) is 18.1. The maximum atomic E-state index is 12.8. The molecule has 1 saturated heterocycles. The van der Waals surface area contributed by atoms with E-state index in [2.05, 4.69) is 30.2 Å². The minimum atomic E-state index is -5.06. The lowest BCUT2D eigenvalue weighted by Gasteiger charge is -2.41. The molecule has 1 aliphatic heterocycles. The van der Waals surface area contributed by atoms with E-state index in [0.29, 0.717) is 13.0 Å². The molecule has 0 bridgehead atoms. The fraction of sp³-hybridized carbons (Fsp3) is 0.936. The fourth-order valence-corrected chi connectivity index (χ4v) is 8.18. The van der Waals surface area contributed by atoms with Gasteiger partial charge < -0.3 is 34.3 Å². The minimum Gasteiger partial charge on any atom is -0.457 e. The Morgan fingerprint density at radius 1 is 0.617 bits per heavy atom. The maximum absolute atomic E-state index is 12.8. The summed E-state index contributed by atoms with van der Waals surface area (Å²) in [6, 6.07) is 0. The van der Waals surface area contributed by atoms with Crippen LogP contribution in [-0.2, 0) is 38.3 Å². The Morgan fingerprint density at radius 2 is 1.05 bits per heavy atom. The van der Waals surface area contributed by atoms with Crippen molar-refractivity contribution in [3.05, 3.63) is 12.2 Å². The van der Waals surface area contributed by atoms with Crippen molar-refractivity contribution in [1.82, 2.24) is 0 Å². The summed E-state index contributed by atoms with van der Waals surface area (Å²) in [6.45, 7) is 4.00. The third-order valence-electron chi connectivity index (χ3n) is 11.4. The van der Waals surface area contributed by atoms with Gasteiger partial charge in [0.1, 0.15) is 30.5 Å². The van der Waals surface area contributed by atoms with E-state index in [9.17, 15) is 28.5 Å². The van der Waals surface area contributed by atoms with Crippen molar-refractivity contribution < 1.29 is 56.2 Å². The van der Waals surface area contributed by atoms with E-state index in [1.165, 1.54) is 135 Å². The van der Waals surface area contributed by atoms with Gasteiger partial charge in [-0.15, -0.1) is 0 Å². The van der Waals surface area contributed by atoms with Gasteiger partial charge in [0.2, 0.25) is 0 Å². The smallest absolute Gasteiger partial charge is 0.397 e. The number of aliphatic hydroxyl groups excluding tert-OH is 3. The molecule has 0 spiro atoms. The highest BCUT2D eigenvalue weighted by Gasteiger charge is 2.48. The zero-order chi connectivity index (χ0) is 43.9. The molecule has 60 heavy (non-hydrogen) atoms. The van der Waals surface area contributed by atoms with Crippen LogP contribution in [0.15, 0.2) is 12.2 Å². The minimum absolute atomic E-state index is 0.0385. The Labute approximate surface area is 366 Å². The molecule has 4 N–H and O–H groups in total. The Morgan fingerprint density at radius 3 is 1.52 bits per heavy atom. The van der Waals surface area contributed by atoms with Crippen molar-refractivity contribution >= 4 is 16.4 Å². The summed E-state index contributed by atoms with van der Waals surface area (Å²) >= 11 is 0. The molecule has 0 aliphatic carbocycles. The molecule has 0 radical (unpaired) electrons. The first-order chi connectivity index (χ1) is 29.1. The third-order valence-corrected chi connectivity index (χ3v) is 11.9. The van der Waals surface area contributed by atoms with Crippen LogP contribution in [0.5, 0.6) is 0 Å². The van der Waals surface area contributed by atoms with E-state index in [1.807, 2.05) is 0 Å². The van der Waals surface area contributed by atoms with E-state index in [1.54, 1.807) is 0 Å². The number of unbranched alkanes of at least 4 members (excludes halogenated alkanes) is 28. The molecule has 6 unspecified atom stereocenters. The van der Waals surface area contributed by atoms with Gasteiger partial charge in [0, 0.05) is 13.0 Å². The average molecular weight is 879 g/mol. The van der Waals surface area contributed by atoms with Gasteiger partial charge in [0.25, 0.3) is 0 Å². The molecule has 1 rings (SSSR count). The molecular weight excluding hydrogens is 789 g/mol. The largest absolute Gasteiger partial charge is 0.457 e. The topological polar surface area (TPSA) is 178 Å². The highest BCUT2D eigenvalue weighted by atomic mass is 32.3. The van der Waals surface area contributed by atoms with Gasteiger partial charge in [-0.05, 0) is 38.5 Å². The molecule has 6 atom stereocenters. The Kier molecular flexibility index (Phi) is 37.4. The molecule has 0 aromatic heterocycles. The summed E-state index contributed by atoms with van der Waals surface area (Å²) in [7, 11) is -5.06. The van der Waals surface area contributed by atoms with Crippen LogP contribution in [-0.4, -0.2) is 97.5 Å². The fourth-order valence-electron chi connectivity index (χ4n) is 7.67. The van der Waals surface area contributed by atoms with Crippen LogP contribution in [0.4, 0.5) is 0 Å². The highest BCUT2D eigenvalue weighted by molar-refractivity contribution is 7.80. The van der Waals surface area contributed by atoms with Crippen LogP contribution in [0.1, 0.15) is 219 Å². The second-order valence-electron chi connectivity index (χ2n) is 17.1. The number of esters is 1. The predicted octanol–water partition coefficient (Wildman–Crippen LogP) is 10.6. The zero-order valence-corrected chi connectivity index (χ0v) is 38.9. The Balaban J connectivity index is 2.35. The number of ether oxygens (including phenoxy) is 4. The van der Waals surface area contributed by atoms with Gasteiger partial charge in [0.15, 0.2) is 6.29 Å². The van der Waals surface area contributed by atoms with Gasteiger partial charge in [-0.25, -0.2) is 4.18 Å². The molecule has 12 nitrogen and oxygen atoms in total. The molecule has 1 aliphatic rings.